The third-order valence-corrected chi connectivity index (χ3v) is 27.1. The lowest BCUT2D eigenvalue weighted by Crippen LogP contribution is -2.72. The van der Waals surface area contributed by atoms with Crippen LogP contribution in [0.2, 0.25) is 0 Å². The van der Waals surface area contributed by atoms with Crippen LogP contribution < -0.4 is 21.3 Å². The topological polar surface area (TPSA) is 320 Å². The number of hydrogen-bond donors (Lipinski definition) is 10. The zero-order chi connectivity index (χ0) is 78.2. The highest BCUT2D eigenvalue weighted by molar-refractivity contribution is 6.11. The van der Waals surface area contributed by atoms with Crippen molar-refractivity contribution in [3.05, 3.63) is 224 Å². The van der Waals surface area contributed by atoms with Gasteiger partial charge in [-0.1, -0.05) is 105 Å². The van der Waals surface area contributed by atoms with Crippen LogP contribution in [0, 0.1) is 5.92 Å². The van der Waals surface area contributed by atoms with Crippen LogP contribution in [-0.2, 0) is 73.9 Å². The Kier molecular flexibility index (Phi) is 21.2. The molecule has 0 radical (unpaired) electrons. The number of Topliss-reactive ketones (excluding diaryl/α,β-unsaturated/α-hetero) is 3. The molecule has 4 aliphatic heterocycles. The van der Waals surface area contributed by atoms with Crippen molar-refractivity contribution >= 4 is 69.2 Å². The van der Waals surface area contributed by atoms with Gasteiger partial charge < -0.3 is 66.5 Å². The molecule has 11 aliphatic rings. The molecule has 6 fully saturated rings. The standard InChI is InChI=1S/C32H34N2O5.C31H34N4O4.C27H30N4O3.CH4/c1-34-16-14-31-19-25(36)11-13-32(31,39)27(34)18-23-9-10-26(29(37)28(23)31)30(38)33-15-12-20-5-7-21(8-6-20)22-3-2-4-24(35)17-22;1-19-33-17-23(18-34-19)21-5-3-20(4-6-21)10-13-32-29(38)25-8-7-22-15-26-31(39)11-9-24(36)16-30(31,12-14-35(26)2)27(22)28(25)37;1-31-13-11-27-15-17(32)7-9-19(27)22(31)14-16-6-8-18(25(33)24(16)27)26(34)28-12-10-23-29-20-4-2-3-5-21(20)30-23;/h2-3,5-10,17,27,37,39H,4,11-16,18-19H2,1H3,(H,33,38);3-8,17-18,26,33,37,39H,1,9-16H2,2H3,(H,32,38);2-6,8,19,22,33H,7,9-15H2,1H3,(H,28,34)(H,29,30);1H4/t27-,31-,32-;26-,30-,31-;19?,22-,27+;/m111./s1. The van der Waals surface area contributed by atoms with Crippen molar-refractivity contribution in [2.75, 3.05) is 60.4 Å². The number of H-pyrrole nitrogens is 1. The first-order valence-electron chi connectivity index (χ1n) is 39.6. The molecule has 5 heterocycles. The molecule has 22 heteroatoms. The van der Waals surface area contributed by atoms with Gasteiger partial charge in [0.15, 0.2) is 5.78 Å². The number of hydrogen-bond acceptors (Lipinski definition) is 18. The molecule has 10 N–H and O–H groups in total. The molecular formula is C91H102N10O12. The van der Waals surface area contributed by atoms with E-state index in [1.54, 1.807) is 30.5 Å². The van der Waals surface area contributed by atoms with Crippen molar-refractivity contribution in [2.45, 2.75) is 175 Å². The van der Waals surface area contributed by atoms with Gasteiger partial charge in [-0.05, 0) is 198 Å². The number of aromatic hydroxyl groups is 3. The minimum atomic E-state index is -1.11. The number of phenolic OH excluding ortho intramolecular Hbond substituents is 3. The maximum absolute atomic E-state index is 13.2. The number of carbonyl (C=O) groups excluding carboxylic acids is 7. The molecule has 6 aromatic carbocycles. The second-order valence-electron chi connectivity index (χ2n) is 33.1. The van der Waals surface area contributed by atoms with E-state index in [2.05, 4.69) is 64.6 Å². The molecule has 22 nitrogen and oxygen atoms in total. The average Bonchev–Trinajstić information content (AvgIpc) is 0.746. The highest BCUT2D eigenvalue weighted by Crippen LogP contribution is 2.62. The molecule has 588 valence electrons. The van der Waals surface area contributed by atoms with Crippen molar-refractivity contribution in [1.29, 1.82) is 0 Å². The summed E-state index contributed by atoms with van der Waals surface area (Å²) in [4.78, 5) is 108. The van der Waals surface area contributed by atoms with Gasteiger partial charge in [0.2, 0.25) is 0 Å². The number of aliphatic hydroxyl groups is 2. The van der Waals surface area contributed by atoms with E-state index in [-0.39, 0.29) is 107 Å². The summed E-state index contributed by atoms with van der Waals surface area (Å²) in [5.74, 6) is 1.18. The highest BCUT2D eigenvalue weighted by Gasteiger charge is 2.67. The van der Waals surface area contributed by atoms with E-state index >= 15 is 0 Å². The number of imidazole rings is 1. The van der Waals surface area contributed by atoms with Gasteiger partial charge >= 0.3 is 0 Å². The number of nitrogens with one attached hydrogen (secondary N) is 5. The molecule has 7 aromatic rings. The molecule has 0 spiro atoms. The molecule has 3 saturated carbocycles. The second kappa shape index (κ2) is 30.8. The normalized spacial score (nSPS) is 27.1. The first-order chi connectivity index (χ1) is 53.9. The number of aromatic amines is 1. The van der Waals surface area contributed by atoms with Crippen LogP contribution in [0.4, 0.5) is 0 Å². The van der Waals surface area contributed by atoms with Gasteiger partial charge in [-0.2, -0.15) is 0 Å². The van der Waals surface area contributed by atoms with Gasteiger partial charge in [-0.3, -0.25) is 33.6 Å². The van der Waals surface area contributed by atoms with Gasteiger partial charge in [0.05, 0.1) is 38.9 Å². The average molecular weight is 1530 g/mol. The summed E-state index contributed by atoms with van der Waals surface area (Å²) in [7, 11) is 6.19. The summed E-state index contributed by atoms with van der Waals surface area (Å²) >= 11 is 0. The Bertz CT molecular complexity index is 5120. The number of carbonyl (C=O) groups is 7. The van der Waals surface area contributed by atoms with Gasteiger partial charge in [-0.25, -0.2) is 9.98 Å². The van der Waals surface area contributed by atoms with Crippen molar-refractivity contribution in [3.63, 3.8) is 0 Å². The van der Waals surface area contributed by atoms with Crippen molar-refractivity contribution < 1.29 is 59.1 Å². The number of para-hydroxylation sites is 2. The maximum atomic E-state index is 13.2. The van der Waals surface area contributed by atoms with Crippen LogP contribution in [0.25, 0.3) is 22.2 Å². The van der Waals surface area contributed by atoms with Crippen molar-refractivity contribution in [1.82, 2.24) is 45.9 Å². The number of fused-ring (bicyclic) bond motifs is 4. The quantitative estimate of drug-likeness (QED) is 0.0484. The van der Waals surface area contributed by atoms with Crippen LogP contribution in [0.5, 0.6) is 17.2 Å². The molecule has 1 unspecified atom stereocenters. The summed E-state index contributed by atoms with van der Waals surface area (Å²) in [6.07, 6.45) is 19.1. The monoisotopic (exact) mass is 1530 g/mol. The molecule has 6 bridgehead atoms. The van der Waals surface area contributed by atoms with Gasteiger partial charge in [0.25, 0.3) is 17.7 Å². The van der Waals surface area contributed by atoms with Gasteiger partial charge in [0.1, 0.15) is 46.2 Å². The SMILES string of the molecule is C.C=C1N=CC(c2ccc(CCNC(=O)c3ccc4c(c3O)[C@]35CCN(C)[C@H](C4)[C@]3(O)CCC(=O)C5)cc2)=CN1.CN1CC[C@]23CC(=O)CCC2[C@H]1Cc1ccc(C(=O)NCCc2nc4ccccc4[nH]2)c(O)c13.CN1CC[C@]23CC(=O)CC[C@@]2(O)[C@H]1Cc1ccc(C(=O)NCCc2ccc(C4=CC(=O)CC=C4)cc2)c(O)c13. The minimum Gasteiger partial charge on any atom is -0.507 e. The van der Waals surface area contributed by atoms with E-state index in [1.165, 1.54) is 0 Å². The fourth-order valence-electron chi connectivity index (χ4n) is 21.3. The maximum Gasteiger partial charge on any atom is 0.255 e. The lowest BCUT2D eigenvalue weighted by Gasteiger charge is -2.62. The van der Waals surface area contributed by atoms with E-state index in [0.29, 0.717) is 144 Å². The number of aliphatic imine (C=N–C) groups is 1. The summed E-state index contributed by atoms with van der Waals surface area (Å²) < 4.78 is 0. The third kappa shape index (κ3) is 13.8. The summed E-state index contributed by atoms with van der Waals surface area (Å²) in [5, 5.41) is 70.2. The highest BCUT2D eigenvalue weighted by atomic mass is 16.3. The smallest absolute Gasteiger partial charge is 0.255 e. The second-order valence-corrected chi connectivity index (χ2v) is 33.1. The molecule has 18 rings (SSSR count). The molecule has 3 amide bonds. The molecular weight excluding hydrogens is 1430 g/mol. The summed E-state index contributed by atoms with van der Waals surface area (Å²) in [5.41, 5.74) is 9.18. The Balaban J connectivity index is 0.000000134. The Morgan fingerprint density at radius 3 is 1.58 bits per heavy atom. The fraction of sp³-hybridized carbons (Fsp3) is 0.418. The Labute approximate surface area is 658 Å². The zero-order valence-electron chi connectivity index (χ0n) is 63.8. The fourth-order valence-corrected chi connectivity index (χ4v) is 21.3. The Morgan fingerprint density at radius 1 is 0.566 bits per heavy atom. The molecule has 9 atom stereocenters. The number of likely N-dealkylation sites (tertiary alicyclic amines) is 3. The largest absolute Gasteiger partial charge is 0.507 e. The number of ketones is 4. The molecule has 7 aliphatic carbocycles. The first kappa shape index (κ1) is 77.8. The predicted octanol–water partition coefficient (Wildman–Crippen LogP) is 9.84. The first-order valence-corrected chi connectivity index (χ1v) is 39.6. The lowest BCUT2D eigenvalue weighted by atomic mass is 9.49. The number of piperidine rings is 3. The third-order valence-electron chi connectivity index (χ3n) is 27.1. The van der Waals surface area contributed by atoms with Gasteiger partial charge in [-0.15, -0.1) is 0 Å². The summed E-state index contributed by atoms with van der Waals surface area (Å²) in [6.45, 7) is 7.31. The van der Waals surface area contributed by atoms with Crippen LogP contribution in [0.1, 0.15) is 183 Å². The predicted molar refractivity (Wildman–Crippen MR) is 433 cm³/mol. The van der Waals surface area contributed by atoms with Crippen LogP contribution in [0.3, 0.4) is 0 Å². The number of nitrogens with zero attached hydrogens (tertiary/aromatic N) is 5. The van der Waals surface area contributed by atoms with E-state index in [1.807, 2.05) is 123 Å². The lowest BCUT2D eigenvalue weighted by molar-refractivity contribution is -0.169. The zero-order valence-corrected chi connectivity index (χ0v) is 63.8. The number of likely N-dealkylation sites (N-methyl/N-ethyl adjacent to an activating group) is 3. The number of phenols is 3. The Morgan fingerprint density at radius 2 is 1.06 bits per heavy atom. The number of allylic oxidation sites excluding steroid dienone is 5. The molecule has 1 aromatic heterocycles. The Hall–Kier alpha value is -10.5. The number of amides is 3. The van der Waals surface area contributed by atoms with Crippen LogP contribution >= 0.6 is 0 Å². The number of benzene rings is 6. The van der Waals surface area contributed by atoms with Gasteiger partial charge in [0, 0.05) is 140 Å². The van der Waals surface area contributed by atoms with E-state index in [0.717, 1.165) is 111 Å². The van der Waals surface area contributed by atoms with E-state index < -0.39 is 22.0 Å². The van der Waals surface area contributed by atoms with E-state index in [4.69, 9.17) is 0 Å². The molecule has 3 saturated heterocycles. The minimum absolute atomic E-state index is 0. The summed E-state index contributed by atoms with van der Waals surface area (Å²) in [6, 6.07) is 34.8. The molecule has 113 heavy (non-hydrogen) atoms. The van der Waals surface area contributed by atoms with E-state index in [9.17, 15) is 59.1 Å². The van der Waals surface area contributed by atoms with Crippen LogP contribution in [-0.4, -0.2) is 187 Å². The van der Waals surface area contributed by atoms with Crippen molar-refractivity contribution in [3.8, 4) is 17.2 Å². The number of rotatable bonds is 14. The number of aromatic nitrogens is 2. The van der Waals surface area contributed by atoms with Crippen molar-refractivity contribution in [2.24, 2.45) is 10.9 Å². The van der Waals surface area contributed by atoms with Crippen LogP contribution in [0.15, 0.2) is 151 Å².